The molecule has 3 nitrogen and oxygen atoms in total. The first-order valence-electron chi connectivity index (χ1n) is 6.03. The molecule has 2 fully saturated rings. The Balaban J connectivity index is 2.08. The Kier molecular flexibility index (Phi) is 3.36. The number of sulfone groups is 1. The minimum absolute atomic E-state index is 0.218. The van der Waals surface area contributed by atoms with Gasteiger partial charge in [-0.05, 0) is 32.1 Å². The third-order valence-electron chi connectivity index (χ3n) is 3.76. The summed E-state index contributed by atoms with van der Waals surface area (Å²) in [4.78, 5) is 0. The molecule has 1 aliphatic heterocycles. The Morgan fingerprint density at radius 1 is 1.13 bits per heavy atom. The molecule has 1 saturated carbocycles. The van der Waals surface area contributed by atoms with E-state index in [0.29, 0.717) is 23.5 Å². The molecule has 2 atom stereocenters. The van der Waals surface area contributed by atoms with Crippen LogP contribution in [0.5, 0.6) is 0 Å². The van der Waals surface area contributed by atoms with Gasteiger partial charge in [0.2, 0.25) is 0 Å². The third-order valence-corrected chi connectivity index (χ3v) is 5.49. The molecule has 1 saturated heterocycles. The van der Waals surface area contributed by atoms with Crippen molar-refractivity contribution in [3.63, 3.8) is 0 Å². The van der Waals surface area contributed by atoms with E-state index in [2.05, 4.69) is 12.2 Å². The van der Waals surface area contributed by atoms with Crippen molar-refractivity contribution in [2.75, 3.05) is 11.5 Å². The molecule has 0 spiro atoms. The van der Waals surface area contributed by atoms with E-state index < -0.39 is 9.84 Å². The van der Waals surface area contributed by atoms with Gasteiger partial charge in [-0.3, -0.25) is 0 Å². The Hall–Kier alpha value is -0.0900. The second-order valence-electron chi connectivity index (χ2n) is 5.12. The molecule has 2 unspecified atom stereocenters. The van der Waals surface area contributed by atoms with Crippen molar-refractivity contribution in [1.29, 1.82) is 0 Å². The van der Waals surface area contributed by atoms with Gasteiger partial charge in [-0.15, -0.1) is 0 Å². The van der Waals surface area contributed by atoms with Crippen LogP contribution in [0.1, 0.15) is 39.0 Å². The second kappa shape index (κ2) is 4.42. The van der Waals surface area contributed by atoms with E-state index >= 15 is 0 Å². The summed E-state index contributed by atoms with van der Waals surface area (Å²) in [6.07, 6.45) is 5.74. The molecule has 0 bridgehead atoms. The summed E-state index contributed by atoms with van der Waals surface area (Å²) in [5.41, 5.74) is 0. The van der Waals surface area contributed by atoms with Crippen molar-refractivity contribution in [3.8, 4) is 0 Å². The minimum Gasteiger partial charge on any atom is -0.310 e. The number of rotatable bonds is 1. The van der Waals surface area contributed by atoms with Gasteiger partial charge in [-0.25, -0.2) is 8.42 Å². The van der Waals surface area contributed by atoms with Crippen molar-refractivity contribution in [1.82, 2.24) is 5.32 Å². The normalized spacial score (nSPS) is 37.7. The Morgan fingerprint density at radius 3 is 2.47 bits per heavy atom. The van der Waals surface area contributed by atoms with Crippen LogP contribution < -0.4 is 5.32 Å². The highest BCUT2D eigenvalue weighted by Crippen LogP contribution is 2.29. The molecular weight excluding hydrogens is 210 g/mol. The van der Waals surface area contributed by atoms with E-state index in [0.717, 1.165) is 6.42 Å². The van der Waals surface area contributed by atoms with Crippen LogP contribution in [0.3, 0.4) is 0 Å². The average Bonchev–Trinajstić information content (AvgIpc) is 2.62. The monoisotopic (exact) mass is 231 g/mol. The van der Waals surface area contributed by atoms with Crippen LogP contribution in [0.2, 0.25) is 0 Å². The predicted molar refractivity (Wildman–Crippen MR) is 61.6 cm³/mol. The number of hydrogen-bond acceptors (Lipinski definition) is 3. The largest absolute Gasteiger partial charge is 0.310 e. The summed E-state index contributed by atoms with van der Waals surface area (Å²) in [7, 11) is -2.80. The van der Waals surface area contributed by atoms with Crippen molar-refractivity contribution < 1.29 is 8.42 Å². The Labute approximate surface area is 92.6 Å². The van der Waals surface area contributed by atoms with E-state index in [4.69, 9.17) is 0 Å². The molecule has 4 heteroatoms. The van der Waals surface area contributed by atoms with E-state index in [1.54, 1.807) is 0 Å². The van der Waals surface area contributed by atoms with Crippen LogP contribution in [0.15, 0.2) is 0 Å². The molecule has 0 amide bonds. The van der Waals surface area contributed by atoms with Gasteiger partial charge in [0, 0.05) is 12.1 Å². The summed E-state index contributed by atoms with van der Waals surface area (Å²) in [5, 5.41) is 3.50. The van der Waals surface area contributed by atoms with E-state index in [9.17, 15) is 8.42 Å². The Morgan fingerprint density at radius 2 is 1.80 bits per heavy atom. The molecule has 1 N–H and O–H groups in total. The fourth-order valence-corrected chi connectivity index (χ4v) is 4.64. The third kappa shape index (κ3) is 2.94. The zero-order chi connectivity index (χ0) is 10.9. The number of nitrogens with one attached hydrogen (secondary N) is 1. The van der Waals surface area contributed by atoms with Crippen molar-refractivity contribution >= 4 is 9.84 Å². The quantitative estimate of drug-likeness (QED) is 0.741. The summed E-state index contributed by atoms with van der Waals surface area (Å²) in [6, 6.07) is 0.572. The molecule has 2 rings (SSSR count). The van der Waals surface area contributed by atoms with Crippen LogP contribution >= 0.6 is 0 Å². The zero-order valence-corrected chi connectivity index (χ0v) is 10.2. The fraction of sp³-hybridized carbons (Fsp3) is 1.00. The minimum atomic E-state index is -2.80. The van der Waals surface area contributed by atoms with Crippen LogP contribution in [0, 0.1) is 5.92 Å². The van der Waals surface area contributed by atoms with Gasteiger partial charge >= 0.3 is 0 Å². The molecule has 0 aromatic rings. The summed E-state index contributed by atoms with van der Waals surface area (Å²) in [5.74, 6) is 1.33. The van der Waals surface area contributed by atoms with Gasteiger partial charge in [-0.1, -0.05) is 12.8 Å². The first-order valence-corrected chi connectivity index (χ1v) is 7.85. The topological polar surface area (TPSA) is 46.2 Å². The number of hydrogen-bond donors (Lipinski definition) is 1. The van der Waals surface area contributed by atoms with E-state index in [1.807, 2.05) is 0 Å². The maximum atomic E-state index is 11.7. The molecular formula is C11H21NO2S. The van der Waals surface area contributed by atoms with Crippen LogP contribution in [0.25, 0.3) is 0 Å². The second-order valence-corrected chi connectivity index (χ2v) is 7.35. The van der Waals surface area contributed by atoms with Gasteiger partial charge in [0.05, 0.1) is 11.5 Å². The lowest BCUT2D eigenvalue weighted by molar-refractivity contribution is 0.354. The van der Waals surface area contributed by atoms with Gasteiger partial charge in [0.15, 0.2) is 9.84 Å². The van der Waals surface area contributed by atoms with Gasteiger partial charge < -0.3 is 5.32 Å². The maximum Gasteiger partial charge on any atom is 0.151 e. The molecule has 15 heavy (non-hydrogen) atoms. The zero-order valence-electron chi connectivity index (χ0n) is 9.41. The van der Waals surface area contributed by atoms with Crippen LogP contribution in [-0.2, 0) is 9.84 Å². The first kappa shape index (κ1) is 11.4. The fourth-order valence-electron chi connectivity index (χ4n) is 2.84. The maximum absolute atomic E-state index is 11.7. The Bertz CT molecular complexity index is 307. The predicted octanol–water partition coefficient (Wildman–Crippen LogP) is 1.34. The van der Waals surface area contributed by atoms with Gasteiger partial charge in [0.1, 0.15) is 0 Å². The summed E-state index contributed by atoms with van der Waals surface area (Å²) < 4.78 is 23.5. The highest BCUT2D eigenvalue weighted by molar-refractivity contribution is 7.91. The SMILES string of the molecule is CC1CCS(=O)(=O)CC(C2CCCC2)N1. The molecule has 0 aromatic carbocycles. The lowest BCUT2D eigenvalue weighted by Gasteiger charge is -2.24. The molecule has 0 radical (unpaired) electrons. The average molecular weight is 231 g/mol. The lowest BCUT2D eigenvalue weighted by atomic mass is 9.99. The summed E-state index contributed by atoms with van der Waals surface area (Å²) in [6.45, 7) is 2.10. The highest BCUT2D eigenvalue weighted by atomic mass is 32.2. The molecule has 2 aliphatic rings. The van der Waals surface area contributed by atoms with Gasteiger partial charge in [0.25, 0.3) is 0 Å². The van der Waals surface area contributed by atoms with Crippen LogP contribution in [0.4, 0.5) is 0 Å². The van der Waals surface area contributed by atoms with E-state index in [-0.39, 0.29) is 6.04 Å². The van der Waals surface area contributed by atoms with Gasteiger partial charge in [-0.2, -0.15) is 0 Å². The van der Waals surface area contributed by atoms with Crippen molar-refractivity contribution in [2.45, 2.75) is 51.1 Å². The van der Waals surface area contributed by atoms with Crippen molar-refractivity contribution in [2.24, 2.45) is 5.92 Å². The van der Waals surface area contributed by atoms with E-state index in [1.165, 1.54) is 25.7 Å². The molecule has 1 heterocycles. The highest BCUT2D eigenvalue weighted by Gasteiger charge is 2.32. The first-order chi connectivity index (χ1) is 7.07. The molecule has 0 aromatic heterocycles. The van der Waals surface area contributed by atoms with Crippen LogP contribution in [-0.4, -0.2) is 32.0 Å². The lowest BCUT2D eigenvalue weighted by Crippen LogP contribution is -2.42. The summed E-state index contributed by atoms with van der Waals surface area (Å²) >= 11 is 0. The molecule has 88 valence electrons. The molecule has 1 aliphatic carbocycles. The van der Waals surface area contributed by atoms with Crippen molar-refractivity contribution in [3.05, 3.63) is 0 Å². The smallest absolute Gasteiger partial charge is 0.151 e. The standard InChI is InChI=1S/C11H21NO2S/c1-9-6-7-15(13,14)8-11(12-9)10-4-2-3-5-10/h9-12H,2-8H2,1H3.